The monoisotopic (exact) mass is 175 g/mol. The van der Waals surface area contributed by atoms with Gasteiger partial charge < -0.3 is 4.74 Å². The van der Waals surface area contributed by atoms with Crippen LogP contribution in [0.3, 0.4) is 0 Å². The molecule has 0 aliphatic carbocycles. The highest BCUT2D eigenvalue weighted by Gasteiger charge is 1.97. The summed E-state index contributed by atoms with van der Waals surface area (Å²) >= 11 is 0. The van der Waals surface area contributed by atoms with E-state index in [4.69, 9.17) is 5.26 Å². The highest BCUT2D eigenvalue weighted by atomic mass is 16.5. The first kappa shape index (κ1) is 9.27. The molecule has 3 nitrogen and oxygen atoms in total. The van der Waals surface area contributed by atoms with Gasteiger partial charge in [-0.05, 0) is 30.2 Å². The summed E-state index contributed by atoms with van der Waals surface area (Å²) in [5, 5.41) is 8.65. The summed E-state index contributed by atoms with van der Waals surface area (Å²) in [6.45, 7) is 2.51. The van der Waals surface area contributed by atoms with E-state index < -0.39 is 0 Å². The summed E-state index contributed by atoms with van der Waals surface area (Å²) in [6.07, 6.45) is 0. The molecule has 0 radical (unpaired) electrons. The normalized spacial score (nSPS) is 8.92. The van der Waals surface area contributed by atoms with Gasteiger partial charge in [0.25, 0.3) is 6.47 Å². The first-order chi connectivity index (χ1) is 6.26. The average molecular weight is 175 g/mol. The van der Waals surface area contributed by atoms with Crippen LogP contribution in [0.2, 0.25) is 0 Å². The summed E-state index contributed by atoms with van der Waals surface area (Å²) in [4.78, 5) is 9.93. The van der Waals surface area contributed by atoms with Crippen molar-refractivity contribution >= 4 is 6.47 Å². The molecule has 0 saturated heterocycles. The fourth-order valence-corrected chi connectivity index (χ4v) is 1.14. The van der Waals surface area contributed by atoms with Crippen molar-refractivity contribution in [3.05, 3.63) is 34.9 Å². The van der Waals surface area contributed by atoms with Gasteiger partial charge in [0.1, 0.15) is 6.61 Å². The molecule has 0 aliphatic heterocycles. The lowest BCUT2D eigenvalue weighted by Crippen LogP contribution is -1.92. The molecule has 0 bridgehead atoms. The summed E-state index contributed by atoms with van der Waals surface area (Å²) < 4.78 is 4.58. The van der Waals surface area contributed by atoms with E-state index in [1.165, 1.54) is 0 Å². The van der Waals surface area contributed by atoms with Gasteiger partial charge in [-0.25, -0.2) is 0 Å². The van der Waals surface area contributed by atoms with Crippen LogP contribution >= 0.6 is 0 Å². The molecular formula is C10H9NO2. The van der Waals surface area contributed by atoms with Crippen molar-refractivity contribution in [3.8, 4) is 6.07 Å². The molecule has 0 atom stereocenters. The molecular weight excluding hydrogens is 166 g/mol. The highest BCUT2D eigenvalue weighted by Crippen LogP contribution is 2.09. The van der Waals surface area contributed by atoms with Crippen molar-refractivity contribution in [1.29, 1.82) is 5.26 Å². The van der Waals surface area contributed by atoms with E-state index in [1.54, 1.807) is 12.1 Å². The van der Waals surface area contributed by atoms with Crippen LogP contribution in [-0.4, -0.2) is 6.47 Å². The maximum absolute atomic E-state index is 9.93. The van der Waals surface area contributed by atoms with E-state index in [2.05, 4.69) is 4.74 Å². The van der Waals surface area contributed by atoms with E-state index in [9.17, 15) is 4.79 Å². The van der Waals surface area contributed by atoms with Crippen molar-refractivity contribution in [1.82, 2.24) is 0 Å². The minimum Gasteiger partial charge on any atom is -0.463 e. The first-order valence-electron chi connectivity index (χ1n) is 3.82. The predicted octanol–water partition coefficient (Wildman–Crippen LogP) is 1.54. The van der Waals surface area contributed by atoms with E-state index in [-0.39, 0.29) is 6.61 Å². The molecule has 0 unspecified atom stereocenters. The van der Waals surface area contributed by atoms with Gasteiger partial charge in [-0.3, -0.25) is 4.79 Å². The third kappa shape index (κ3) is 2.60. The molecule has 0 heterocycles. The molecule has 0 fully saturated rings. The van der Waals surface area contributed by atoms with Crippen molar-refractivity contribution in [2.24, 2.45) is 0 Å². The SMILES string of the molecule is Cc1cc(C#N)cc(COC=O)c1. The molecule has 1 aromatic rings. The molecule has 66 valence electrons. The Bertz CT molecular complexity index is 352. The second-order valence-electron chi connectivity index (χ2n) is 2.73. The van der Waals surface area contributed by atoms with E-state index >= 15 is 0 Å². The molecule has 13 heavy (non-hydrogen) atoms. The fraction of sp³-hybridized carbons (Fsp3) is 0.200. The van der Waals surface area contributed by atoms with Crippen molar-refractivity contribution in [2.75, 3.05) is 0 Å². The number of ether oxygens (including phenoxy) is 1. The number of benzene rings is 1. The Kier molecular flexibility index (Phi) is 3.04. The standard InChI is InChI=1S/C10H9NO2/c1-8-2-9(5-11)4-10(3-8)6-13-7-12/h2-4,7H,6H2,1H3. The first-order valence-corrected chi connectivity index (χ1v) is 3.82. The molecule has 1 rings (SSSR count). The van der Waals surface area contributed by atoms with Gasteiger partial charge >= 0.3 is 0 Å². The minimum absolute atomic E-state index is 0.222. The van der Waals surface area contributed by atoms with Crippen LogP contribution in [0.4, 0.5) is 0 Å². The van der Waals surface area contributed by atoms with E-state index in [0.29, 0.717) is 12.0 Å². The second-order valence-corrected chi connectivity index (χ2v) is 2.73. The second kappa shape index (κ2) is 4.27. The Morgan fingerprint density at radius 3 is 2.92 bits per heavy atom. The van der Waals surface area contributed by atoms with Crippen LogP contribution in [0.25, 0.3) is 0 Å². The van der Waals surface area contributed by atoms with Gasteiger partial charge in [0.2, 0.25) is 0 Å². The van der Waals surface area contributed by atoms with Crippen LogP contribution < -0.4 is 0 Å². The van der Waals surface area contributed by atoms with E-state index in [0.717, 1.165) is 11.1 Å². The molecule has 0 spiro atoms. The maximum Gasteiger partial charge on any atom is 0.293 e. The fourth-order valence-electron chi connectivity index (χ4n) is 1.14. The number of carbonyl (C=O) groups is 1. The molecule has 0 N–H and O–H groups in total. The third-order valence-electron chi connectivity index (χ3n) is 1.58. The Balaban J connectivity index is 2.89. The quantitative estimate of drug-likeness (QED) is 0.655. The summed E-state index contributed by atoms with van der Waals surface area (Å²) in [7, 11) is 0. The van der Waals surface area contributed by atoms with Crippen molar-refractivity contribution in [2.45, 2.75) is 13.5 Å². The van der Waals surface area contributed by atoms with Gasteiger partial charge in [-0.2, -0.15) is 5.26 Å². The highest BCUT2D eigenvalue weighted by molar-refractivity contribution is 5.39. The molecule has 1 aromatic carbocycles. The smallest absolute Gasteiger partial charge is 0.293 e. The van der Waals surface area contributed by atoms with Gasteiger partial charge in [0.15, 0.2) is 0 Å². The molecule has 0 aromatic heterocycles. The summed E-state index contributed by atoms with van der Waals surface area (Å²) in [5.41, 5.74) is 2.41. The molecule has 0 saturated carbocycles. The lowest BCUT2D eigenvalue weighted by atomic mass is 10.1. The zero-order valence-corrected chi connectivity index (χ0v) is 7.28. The van der Waals surface area contributed by atoms with Crippen LogP contribution in [0.15, 0.2) is 18.2 Å². The van der Waals surface area contributed by atoms with Crippen molar-refractivity contribution < 1.29 is 9.53 Å². The Morgan fingerprint density at radius 2 is 2.31 bits per heavy atom. The predicted molar refractivity (Wildman–Crippen MR) is 46.7 cm³/mol. The maximum atomic E-state index is 9.93. The number of hydrogen-bond donors (Lipinski definition) is 0. The van der Waals surface area contributed by atoms with Crippen LogP contribution in [0, 0.1) is 18.3 Å². The van der Waals surface area contributed by atoms with Gasteiger partial charge in [-0.15, -0.1) is 0 Å². The lowest BCUT2D eigenvalue weighted by Gasteiger charge is -2.01. The van der Waals surface area contributed by atoms with Gasteiger partial charge in [0.05, 0.1) is 11.6 Å². The summed E-state index contributed by atoms with van der Waals surface area (Å²) in [5.74, 6) is 0. The van der Waals surface area contributed by atoms with Crippen molar-refractivity contribution in [3.63, 3.8) is 0 Å². The number of hydrogen-bond acceptors (Lipinski definition) is 3. The summed E-state index contributed by atoms with van der Waals surface area (Å²) in [6, 6.07) is 7.41. The Morgan fingerprint density at radius 1 is 1.54 bits per heavy atom. The third-order valence-corrected chi connectivity index (χ3v) is 1.58. The molecule has 0 aliphatic rings. The van der Waals surface area contributed by atoms with Crippen LogP contribution in [-0.2, 0) is 16.1 Å². The molecule has 3 heteroatoms. The van der Waals surface area contributed by atoms with Gasteiger partial charge in [-0.1, -0.05) is 6.07 Å². The average Bonchev–Trinajstić information content (AvgIpc) is 2.14. The Labute approximate surface area is 76.6 Å². The topological polar surface area (TPSA) is 50.1 Å². The van der Waals surface area contributed by atoms with Crippen LogP contribution in [0.5, 0.6) is 0 Å². The zero-order chi connectivity index (χ0) is 9.68. The largest absolute Gasteiger partial charge is 0.463 e. The zero-order valence-electron chi connectivity index (χ0n) is 7.28. The minimum atomic E-state index is 0.222. The molecule has 0 amide bonds. The number of carbonyl (C=O) groups excluding carboxylic acids is 1. The number of nitrogens with zero attached hydrogens (tertiary/aromatic N) is 1. The van der Waals surface area contributed by atoms with Crippen LogP contribution in [0.1, 0.15) is 16.7 Å². The Hall–Kier alpha value is -1.82. The number of rotatable bonds is 3. The number of aryl methyl sites for hydroxylation is 1. The van der Waals surface area contributed by atoms with E-state index in [1.807, 2.05) is 19.1 Å². The lowest BCUT2D eigenvalue weighted by molar-refractivity contribution is -0.129. The number of nitriles is 1. The van der Waals surface area contributed by atoms with Gasteiger partial charge in [0, 0.05) is 0 Å².